The summed E-state index contributed by atoms with van der Waals surface area (Å²) in [6.45, 7) is 5.05. The molecule has 1 aliphatic heterocycles. The van der Waals surface area contributed by atoms with Gasteiger partial charge in [0, 0.05) is 12.1 Å². The van der Waals surface area contributed by atoms with Crippen molar-refractivity contribution >= 4 is 0 Å². The van der Waals surface area contributed by atoms with E-state index in [9.17, 15) is 9.50 Å². The lowest BCUT2D eigenvalue weighted by atomic mass is 10.00. The fraction of sp³-hybridized carbons (Fsp3) is 0.571. The molecule has 2 rings (SSSR count). The highest BCUT2D eigenvalue weighted by atomic mass is 19.1. The Morgan fingerprint density at radius 1 is 1.50 bits per heavy atom. The Morgan fingerprint density at radius 2 is 2.28 bits per heavy atom. The molecule has 2 N–H and O–H groups in total. The van der Waals surface area contributed by atoms with E-state index in [1.165, 1.54) is 6.07 Å². The molecule has 4 heteroatoms. The fourth-order valence-electron chi connectivity index (χ4n) is 2.24. The summed E-state index contributed by atoms with van der Waals surface area (Å²) in [6.07, 6.45) is -0.126. The van der Waals surface area contributed by atoms with Gasteiger partial charge in [-0.2, -0.15) is 0 Å². The summed E-state index contributed by atoms with van der Waals surface area (Å²) in [5.74, 6) is -0.271. The molecule has 1 saturated heterocycles. The van der Waals surface area contributed by atoms with Crippen molar-refractivity contribution in [2.24, 2.45) is 0 Å². The molecule has 1 heterocycles. The van der Waals surface area contributed by atoms with Crippen LogP contribution in [0.3, 0.4) is 0 Å². The van der Waals surface area contributed by atoms with E-state index in [0.717, 1.165) is 0 Å². The predicted octanol–water partition coefficient (Wildman–Crippen LogP) is 1.93. The molecule has 18 heavy (non-hydrogen) atoms. The largest absolute Gasteiger partial charge is 0.388 e. The molecular weight excluding hydrogens is 233 g/mol. The maximum atomic E-state index is 13.4. The Hall–Kier alpha value is -0.970. The van der Waals surface area contributed by atoms with Gasteiger partial charge in [0.05, 0.1) is 19.3 Å². The third-order valence-corrected chi connectivity index (χ3v) is 3.30. The molecule has 0 radical (unpaired) electrons. The van der Waals surface area contributed by atoms with Crippen LogP contribution in [-0.2, 0) is 4.74 Å². The topological polar surface area (TPSA) is 41.5 Å². The van der Waals surface area contributed by atoms with E-state index in [2.05, 4.69) is 5.32 Å². The minimum atomic E-state index is -0.661. The number of hydrogen-bond donors (Lipinski definition) is 2. The number of benzene rings is 1. The molecule has 3 atom stereocenters. The molecule has 0 amide bonds. The van der Waals surface area contributed by atoms with E-state index in [-0.39, 0.29) is 11.9 Å². The number of aryl methyl sites for hydroxylation is 1. The number of aliphatic hydroxyl groups excluding tert-OH is 1. The Balaban J connectivity index is 1.98. The number of aliphatic hydroxyl groups is 1. The van der Waals surface area contributed by atoms with Gasteiger partial charge in [0.2, 0.25) is 0 Å². The van der Waals surface area contributed by atoms with Crippen molar-refractivity contribution in [3.63, 3.8) is 0 Å². The molecular formula is C14H20FNO2. The summed E-state index contributed by atoms with van der Waals surface area (Å²) in [7, 11) is 0. The molecule has 0 saturated carbocycles. The van der Waals surface area contributed by atoms with Crippen LogP contribution in [0.2, 0.25) is 0 Å². The van der Waals surface area contributed by atoms with Crippen LogP contribution >= 0.6 is 0 Å². The Labute approximate surface area is 107 Å². The second kappa shape index (κ2) is 5.78. The summed E-state index contributed by atoms with van der Waals surface area (Å²) in [5, 5.41) is 13.5. The third-order valence-electron chi connectivity index (χ3n) is 3.30. The SMILES string of the molecule is Cc1ccc(C(O)CC2COCC(C)N2)cc1F. The normalized spacial score (nSPS) is 26.0. The Kier molecular flexibility index (Phi) is 4.32. The van der Waals surface area contributed by atoms with E-state index in [4.69, 9.17) is 4.74 Å². The lowest BCUT2D eigenvalue weighted by Crippen LogP contribution is -2.47. The first kappa shape index (κ1) is 13.5. The van der Waals surface area contributed by atoms with Gasteiger partial charge < -0.3 is 15.2 Å². The zero-order valence-electron chi connectivity index (χ0n) is 10.8. The van der Waals surface area contributed by atoms with Gasteiger partial charge in [-0.15, -0.1) is 0 Å². The van der Waals surface area contributed by atoms with Crippen molar-refractivity contribution in [1.29, 1.82) is 0 Å². The zero-order chi connectivity index (χ0) is 13.1. The monoisotopic (exact) mass is 253 g/mol. The van der Waals surface area contributed by atoms with Crippen molar-refractivity contribution in [3.8, 4) is 0 Å². The number of halogens is 1. The Bertz CT molecular complexity index is 411. The van der Waals surface area contributed by atoms with Crippen LogP contribution in [0.5, 0.6) is 0 Å². The highest BCUT2D eigenvalue weighted by Gasteiger charge is 2.22. The van der Waals surface area contributed by atoms with E-state index in [0.29, 0.717) is 36.8 Å². The van der Waals surface area contributed by atoms with Crippen molar-refractivity contribution in [2.45, 2.75) is 38.5 Å². The zero-order valence-corrected chi connectivity index (χ0v) is 10.8. The number of morpholine rings is 1. The van der Waals surface area contributed by atoms with Crippen LogP contribution in [0.1, 0.15) is 30.6 Å². The molecule has 1 aromatic carbocycles. The van der Waals surface area contributed by atoms with E-state index >= 15 is 0 Å². The predicted molar refractivity (Wildman–Crippen MR) is 67.9 cm³/mol. The molecule has 0 spiro atoms. The van der Waals surface area contributed by atoms with Crippen LogP contribution in [0.15, 0.2) is 18.2 Å². The van der Waals surface area contributed by atoms with Gasteiger partial charge in [-0.3, -0.25) is 0 Å². The number of nitrogens with one attached hydrogen (secondary N) is 1. The molecule has 1 aromatic rings. The van der Waals surface area contributed by atoms with E-state index in [1.807, 2.05) is 6.92 Å². The summed E-state index contributed by atoms with van der Waals surface area (Å²) in [6, 6.07) is 5.30. The standard InChI is InChI=1S/C14H20FNO2/c1-9-3-4-11(5-13(9)15)14(17)6-12-8-18-7-10(2)16-12/h3-5,10,12,14,16-17H,6-8H2,1-2H3. The second-order valence-corrected chi connectivity index (χ2v) is 5.06. The molecule has 0 aromatic heterocycles. The fourth-order valence-corrected chi connectivity index (χ4v) is 2.24. The van der Waals surface area contributed by atoms with E-state index in [1.54, 1.807) is 19.1 Å². The van der Waals surface area contributed by atoms with Gasteiger partial charge in [0.1, 0.15) is 5.82 Å². The number of hydrogen-bond acceptors (Lipinski definition) is 3. The smallest absolute Gasteiger partial charge is 0.126 e. The van der Waals surface area contributed by atoms with Gasteiger partial charge in [-0.1, -0.05) is 12.1 Å². The number of rotatable bonds is 3. The van der Waals surface area contributed by atoms with E-state index < -0.39 is 6.10 Å². The lowest BCUT2D eigenvalue weighted by Gasteiger charge is -2.30. The summed E-state index contributed by atoms with van der Waals surface area (Å²) >= 11 is 0. The highest BCUT2D eigenvalue weighted by molar-refractivity contribution is 5.25. The molecule has 1 aliphatic rings. The molecule has 1 fully saturated rings. The van der Waals surface area contributed by atoms with Gasteiger partial charge in [0.25, 0.3) is 0 Å². The average Bonchev–Trinajstić information content (AvgIpc) is 2.32. The van der Waals surface area contributed by atoms with Crippen LogP contribution in [0.4, 0.5) is 4.39 Å². The first-order chi connectivity index (χ1) is 8.56. The van der Waals surface area contributed by atoms with Gasteiger partial charge in [-0.25, -0.2) is 4.39 Å². The molecule has 3 nitrogen and oxygen atoms in total. The van der Waals surface area contributed by atoms with Crippen LogP contribution < -0.4 is 5.32 Å². The van der Waals surface area contributed by atoms with Crippen molar-refractivity contribution in [1.82, 2.24) is 5.32 Å². The molecule has 3 unspecified atom stereocenters. The van der Waals surface area contributed by atoms with Crippen molar-refractivity contribution in [2.75, 3.05) is 13.2 Å². The first-order valence-corrected chi connectivity index (χ1v) is 6.34. The third kappa shape index (κ3) is 3.28. The van der Waals surface area contributed by atoms with Gasteiger partial charge in [-0.05, 0) is 37.5 Å². The quantitative estimate of drug-likeness (QED) is 0.865. The highest BCUT2D eigenvalue weighted by Crippen LogP contribution is 2.21. The maximum Gasteiger partial charge on any atom is 0.126 e. The van der Waals surface area contributed by atoms with Crippen molar-refractivity contribution in [3.05, 3.63) is 35.1 Å². The molecule has 100 valence electrons. The van der Waals surface area contributed by atoms with Crippen LogP contribution in [-0.4, -0.2) is 30.4 Å². The minimum absolute atomic E-state index is 0.119. The van der Waals surface area contributed by atoms with Crippen LogP contribution in [0, 0.1) is 12.7 Å². The van der Waals surface area contributed by atoms with Crippen LogP contribution in [0.25, 0.3) is 0 Å². The second-order valence-electron chi connectivity index (χ2n) is 5.06. The number of ether oxygens (including phenoxy) is 1. The summed E-state index contributed by atoms with van der Waals surface area (Å²) in [4.78, 5) is 0. The summed E-state index contributed by atoms with van der Waals surface area (Å²) in [5.41, 5.74) is 1.22. The summed E-state index contributed by atoms with van der Waals surface area (Å²) < 4.78 is 18.9. The maximum absolute atomic E-state index is 13.4. The van der Waals surface area contributed by atoms with Gasteiger partial charge >= 0.3 is 0 Å². The average molecular weight is 253 g/mol. The van der Waals surface area contributed by atoms with Crippen molar-refractivity contribution < 1.29 is 14.2 Å². The minimum Gasteiger partial charge on any atom is -0.388 e. The molecule has 0 bridgehead atoms. The first-order valence-electron chi connectivity index (χ1n) is 6.34. The Morgan fingerprint density at radius 3 is 2.94 bits per heavy atom. The van der Waals surface area contributed by atoms with Gasteiger partial charge in [0.15, 0.2) is 0 Å². The lowest BCUT2D eigenvalue weighted by molar-refractivity contribution is 0.0303. The molecule has 0 aliphatic carbocycles.